The minimum atomic E-state index is -6.00. The molecule has 1 nitrogen and oxygen atoms in total. The van der Waals surface area contributed by atoms with Crippen LogP contribution in [0.4, 0.5) is 17.3 Å². The summed E-state index contributed by atoms with van der Waals surface area (Å²) >= 11 is 0. The SMILES string of the molecule is CCOc1cccc([PH+](C2CCCC2)C2CCCC2)c1.F[B-](F)(F)F. The average Bonchev–Trinajstić information content (AvgIpc) is 3.21. The standard InChI is InChI=1S/C18H27OP.BF4/c1-2-19-15-8-7-13-18(14-15)20(16-9-3-4-10-16)17-11-5-6-12-17;2-1(3,4)5/h7-8,13-14,16-17H,2-6,9-12H2,1H3;/q;-1/p+1. The van der Waals surface area contributed by atoms with Crippen molar-refractivity contribution in [2.75, 3.05) is 6.61 Å². The summed E-state index contributed by atoms with van der Waals surface area (Å²) in [5.41, 5.74) is 2.06. The fourth-order valence-electron chi connectivity index (χ4n) is 4.21. The van der Waals surface area contributed by atoms with Crippen LogP contribution >= 0.6 is 7.92 Å². The summed E-state index contributed by atoms with van der Waals surface area (Å²) in [6, 6.07) is 9.10. The molecule has 2 saturated carbocycles. The number of hydrogen-bond donors (Lipinski definition) is 0. The van der Waals surface area contributed by atoms with Crippen LogP contribution in [0.1, 0.15) is 58.3 Å². The van der Waals surface area contributed by atoms with Gasteiger partial charge in [0.2, 0.25) is 0 Å². The first kappa shape index (κ1) is 20.5. The molecule has 3 rings (SSSR count). The van der Waals surface area contributed by atoms with Crippen LogP contribution in [-0.4, -0.2) is 25.2 Å². The second-order valence-electron chi connectivity index (χ2n) is 6.87. The van der Waals surface area contributed by atoms with E-state index in [2.05, 4.69) is 31.2 Å². The van der Waals surface area contributed by atoms with Crippen LogP contribution in [0.15, 0.2) is 24.3 Å². The summed E-state index contributed by atoms with van der Waals surface area (Å²) in [6.07, 6.45) is 11.8. The Balaban J connectivity index is 0.000000399. The molecule has 0 aliphatic heterocycles. The maximum absolute atomic E-state index is 9.75. The first-order chi connectivity index (χ1) is 11.9. The summed E-state index contributed by atoms with van der Waals surface area (Å²) in [6.45, 7) is 2.85. The lowest BCUT2D eigenvalue weighted by Gasteiger charge is -2.23. The van der Waals surface area contributed by atoms with Crippen molar-refractivity contribution >= 4 is 20.5 Å². The van der Waals surface area contributed by atoms with E-state index in [4.69, 9.17) is 4.74 Å². The largest absolute Gasteiger partial charge is 0.673 e. The lowest BCUT2D eigenvalue weighted by atomic mass is 10.3. The molecule has 7 heteroatoms. The molecule has 2 aliphatic carbocycles. The molecule has 1 aromatic rings. The van der Waals surface area contributed by atoms with Crippen molar-refractivity contribution in [3.8, 4) is 5.75 Å². The van der Waals surface area contributed by atoms with Gasteiger partial charge in [0.25, 0.3) is 0 Å². The zero-order valence-electron chi connectivity index (χ0n) is 14.8. The molecular formula is C18H28BF4OP. The summed E-state index contributed by atoms with van der Waals surface area (Å²) in [7, 11) is -6.40. The van der Waals surface area contributed by atoms with Gasteiger partial charge < -0.3 is 22.0 Å². The molecule has 0 unspecified atom stereocenters. The van der Waals surface area contributed by atoms with Gasteiger partial charge in [-0.3, -0.25) is 0 Å². The number of halogens is 4. The van der Waals surface area contributed by atoms with Gasteiger partial charge in [0.15, 0.2) is 0 Å². The van der Waals surface area contributed by atoms with Gasteiger partial charge in [-0.25, -0.2) is 0 Å². The van der Waals surface area contributed by atoms with Crippen molar-refractivity contribution in [3.05, 3.63) is 24.3 Å². The predicted octanol–water partition coefficient (Wildman–Crippen LogP) is 6.11. The molecule has 0 N–H and O–H groups in total. The van der Waals surface area contributed by atoms with Gasteiger partial charge in [0.1, 0.15) is 5.75 Å². The van der Waals surface area contributed by atoms with Gasteiger partial charge in [-0.1, -0.05) is 6.07 Å². The van der Waals surface area contributed by atoms with Gasteiger partial charge in [-0.05, 0) is 70.4 Å². The molecule has 0 saturated heterocycles. The fourth-order valence-corrected chi connectivity index (χ4v) is 8.48. The van der Waals surface area contributed by atoms with E-state index in [0.717, 1.165) is 23.7 Å². The molecule has 0 amide bonds. The van der Waals surface area contributed by atoms with Crippen LogP contribution in [-0.2, 0) is 0 Å². The first-order valence-corrected chi connectivity index (χ1v) is 11.0. The van der Waals surface area contributed by atoms with E-state index < -0.39 is 15.2 Å². The Hall–Kier alpha value is -0.765. The predicted molar refractivity (Wildman–Crippen MR) is 100 cm³/mol. The van der Waals surface area contributed by atoms with Gasteiger partial charge in [0, 0.05) is 14.0 Å². The maximum Gasteiger partial charge on any atom is 0.673 e. The van der Waals surface area contributed by atoms with E-state index in [1.165, 1.54) is 51.4 Å². The zero-order chi connectivity index (χ0) is 18.3. The Morgan fingerprint density at radius 1 is 0.960 bits per heavy atom. The van der Waals surface area contributed by atoms with Crippen molar-refractivity contribution in [3.63, 3.8) is 0 Å². The fraction of sp³-hybridized carbons (Fsp3) is 0.667. The highest BCUT2D eigenvalue weighted by atomic mass is 31.1. The Labute approximate surface area is 149 Å². The third-order valence-electron chi connectivity index (χ3n) is 5.07. The highest BCUT2D eigenvalue weighted by molar-refractivity contribution is 7.67. The quantitative estimate of drug-likeness (QED) is 0.341. The molecule has 142 valence electrons. The number of ether oxygens (including phenoxy) is 1. The van der Waals surface area contributed by atoms with Crippen molar-refractivity contribution in [1.29, 1.82) is 0 Å². The van der Waals surface area contributed by atoms with Gasteiger partial charge in [-0.2, -0.15) is 0 Å². The Morgan fingerprint density at radius 3 is 1.88 bits per heavy atom. The number of rotatable bonds is 5. The molecule has 1 aromatic carbocycles. The average molecular weight is 378 g/mol. The lowest BCUT2D eigenvalue weighted by Crippen LogP contribution is -2.19. The van der Waals surface area contributed by atoms with E-state index in [9.17, 15) is 17.3 Å². The Morgan fingerprint density at radius 2 is 1.44 bits per heavy atom. The van der Waals surface area contributed by atoms with Crippen molar-refractivity contribution < 1.29 is 22.0 Å². The normalized spacial score (nSPS) is 19.1. The third kappa shape index (κ3) is 7.17. The lowest BCUT2D eigenvalue weighted by molar-refractivity contribution is 0.340. The van der Waals surface area contributed by atoms with Gasteiger partial charge in [0.05, 0.1) is 23.2 Å². The van der Waals surface area contributed by atoms with Crippen LogP contribution in [0.2, 0.25) is 0 Å². The van der Waals surface area contributed by atoms with E-state index >= 15 is 0 Å². The maximum atomic E-state index is 9.75. The summed E-state index contributed by atoms with van der Waals surface area (Å²) in [5, 5.41) is 1.65. The second kappa shape index (κ2) is 9.80. The van der Waals surface area contributed by atoms with Crippen LogP contribution in [0, 0.1) is 0 Å². The molecule has 0 spiro atoms. The van der Waals surface area contributed by atoms with Crippen molar-refractivity contribution in [2.24, 2.45) is 0 Å². The van der Waals surface area contributed by atoms with Gasteiger partial charge in [-0.15, -0.1) is 0 Å². The molecule has 0 bridgehead atoms. The molecule has 0 heterocycles. The zero-order valence-corrected chi connectivity index (χ0v) is 15.8. The molecule has 0 radical (unpaired) electrons. The molecule has 25 heavy (non-hydrogen) atoms. The van der Waals surface area contributed by atoms with Crippen LogP contribution in [0.25, 0.3) is 0 Å². The van der Waals surface area contributed by atoms with E-state index in [-0.39, 0.29) is 0 Å². The minimum absolute atomic E-state index is 0.398. The van der Waals surface area contributed by atoms with Gasteiger partial charge >= 0.3 is 7.25 Å². The molecule has 2 aliphatic rings. The highest BCUT2D eigenvalue weighted by Crippen LogP contribution is 2.56. The van der Waals surface area contributed by atoms with Crippen LogP contribution in [0.5, 0.6) is 5.75 Å². The molecule has 0 atom stereocenters. The van der Waals surface area contributed by atoms with E-state index in [1.807, 2.05) is 0 Å². The van der Waals surface area contributed by atoms with Crippen molar-refractivity contribution in [2.45, 2.75) is 69.6 Å². The smallest absolute Gasteiger partial charge is 0.494 e. The third-order valence-corrected chi connectivity index (χ3v) is 8.96. The van der Waals surface area contributed by atoms with E-state index in [0.29, 0.717) is 0 Å². The Kier molecular flexibility index (Phi) is 8.05. The molecule has 0 aromatic heterocycles. The monoisotopic (exact) mass is 378 g/mol. The van der Waals surface area contributed by atoms with E-state index in [1.54, 1.807) is 5.30 Å². The summed E-state index contributed by atoms with van der Waals surface area (Å²) < 4.78 is 44.7. The second-order valence-corrected chi connectivity index (χ2v) is 9.99. The number of benzene rings is 1. The van der Waals surface area contributed by atoms with Crippen molar-refractivity contribution in [1.82, 2.24) is 0 Å². The Bertz CT molecular complexity index is 492. The summed E-state index contributed by atoms with van der Waals surface area (Å²) in [5.74, 6) is 1.09. The molecule has 2 fully saturated rings. The highest BCUT2D eigenvalue weighted by Gasteiger charge is 2.40. The summed E-state index contributed by atoms with van der Waals surface area (Å²) in [4.78, 5) is 0. The minimum Gasteiger partial charge on any atom is -0.494 e. The van der Waals surface area contributed by atoms with Crippen LogP contribution in [0.3, 0.4) is 0 Å². The first-order valence-electron chi connectivity index (χ1n) is 9.35. The molecular weight excluding hydrogens is 350 g/mol. The topological polar surface area (TPSA) is 9.23 Å². The number of hydrogen-bond acceptors (Lipinski definition) is 1. The van der Waals surface area contributed by atoms with Crippen LogP contribution < -0.4 is 10.0 Å².